The Kier molecular flexibility index (Phi) is 6.00. The van der Waals surface area contributed by atoms with Gasteiger partial charge in [0.05, 0.1) is 6.26 Å². The summed E-state index contributed by atoms with van der Waals surface area (Å²) in [7, 11) is 0. The molecule has 0 rings (SSSR count). The molecule has 0 aromatic rings. The van der Waals surface area contributed by atoms with Crippen molar-refractivity contribution in [3.05, 3.63) is 12.8 Å². The van der Waals surface area contributed by atoms with E-state index in [9.17, 15) is 9.18 Å². The summed E-state index contributed by atoms with van der Waals surface area (Å²) in [4.78, 5) is 10.7. The first kappa shape index (κ1) is 10.9. The van der Waals surface area contributed by atoms with E-state index in [1.807, 2.05) is 0 Å². The van der Waals surface area contributed by atoms with Crippen molar-refractivity contribution in [2.75, 3.05) is 19.9 Å². The fourth-order valence-electron chi connectivity index (χ4n) is 0.444. The van der Waals surface area contributed by atoms with Gasteiger partial charge in [-0.1, -0.05) is 6.58 Å². The molecule has 2 N–H and O–H groups in total. The molecule has 0 saturated carbocycles. The molecule has 0 aliphatic heterocycles. The SMILES string of the molecule is C=COCCOC(=O)C(N)CF. The van der Waals surface area contributed by atoms with Gasteiger partial charge >= 0.3 is 5.97 Å². The minimum absolute atomic E-state index is 0.0541. The lowest BCUT2D eigenvalue weighted by molar-refractivity contribution is -0.146. The summed E-state index contributed by atoms with van der Waals surface area (Å²) in [6, 6.07) is -1.19. The molecule has 0 aromatic carbocycles. The smallest absolute Gasteiger partial charge is 0.325 e. The predicted octanol–water partition coefficient (Wildman–Crippen LogP) is -0.0135. The van der Waals surface area contributed by atoms with Crippen LogP contribution in [0, 0.1) is 0 Å². The van der Waals surface area contributed by atoms with Crippen LogP contribution in [-0.4, -0.2) is 31.9 Å². The second kappa shape index (κ2) is 6.60. The van der Waals surface area contributed by atoms with Crippen LogP contribution in [0.3, 0.4) is 0 Å². The zero-order valence-corrected chi connectivity index (χ0v) is 6.66. The molecule has 5 heteroatoms. The summed E-state index contributed by atoms with van der Waals surface area (Å²) in [5, 5.41) is 0. The van der Waals surface area contributed by atoms with E-state index in [1.165, 1.54) is 6.26 Å². The minimum Gasteiger partial charge on any atom is -0.498 e. The Morgan fingerprint density at radius 1 is 1.67 bits per heavy atom. The molecule has 0 aliphatic rings. The molecule has 0 aromatic heterocycles. The molecule has 0 fully saturated rings. The third-order valence-corrected chi connectivity index (χ3v) is 1.03. The summed E-state index contributed by atoms with van der Waals surface area (Å²) >= 11 is 0. The summed E-state index contributed by atoms with van der Waals surface area (Å²) in [6.07, 6.45) is 1.23. The molecule has 0 amide bonds. The summed E-state index contributed by atoms with van der Waals surface area (Å²) < 4.78 is 20.9. The van der Waals surface area contributed by atoms with Gasteiger partial charge in [-0.15, -0.1) is 0 Å². The Morgan fingerprint density at radius 2 is 2.33 bits per heavy atom. The standard InChI is InChI=1S/C7H12FNO3/c1-2-11-3-4-12-7(10)6(9)5-8/h2,6H,1,3-5,9H2. The third kappa shape index (κ3) is 4.68. The molecule has 0 bridgehead atoms. The number of esters is 1. The Labute approximate surface area is 70.1 Å². The van der Waals surface area contributed by atoms with Crippen molar-refractivity contribution in [3.8, 4) is 0 Å². The fraction of sp³-hybridized carbons (Fsp3) is 0.571. The summed E-state index contributed by atoms with van der Waals surface area (Å²) in [5.74, 6) is -0.759. The van der Waals surface area contributed by atoms with Gasteiger partial charge < -0.3 is 15.2 Å². The van der Waals surface area contributed by atoms with Gasteiger partial charge in [0, 0.05) is 0 Å². The number of nitrogens with two attached hydrogens (primary N) is 1. The van der Waals surface area contributed by atoms with E-state index in [0.717, 1.165) is 0 Å². The predicted molar refractivity (Wildman–Crippen MR) is 41.1 cm³/mol. The van der Waals surface area contributed by atoms with Gasteiger partial charge in [0.2, 0.25) is 0 Å². The average molecular weight is 177 g/mol. The van der Waals surface area contributed by atoms with Crippen molar-refractivity contribution in [1.82, 2.24) is 0 Å². The highest BCUT2D eigenvalue weighted by atomic mass is 19.1. The molecule has 1 unspecified atom stereocenters. The zero-order chi connectivity index (χ0) is 9.40. The number of alkyl halides is 1. The maximum atomic E-state index is 11.7. The van der Waals surface area contributed by atoms with Crippen LogP contribution < -0.4 is 5.73 Å². The van der Waals surface area contributed by atoms with Crippen LogP contribution in [0.2, 0.25) is 0 Å². The highest BCUT2D eigenvalue weighted by molar-refractivity contribution is 5.75. The Morgan fingerprint density at radius 3 is 2.83 bits per heavy atom. The molecule has 0 radical (unpaired) electrons. The molecular weight excluding hydrogens is 165 g/mol. The number of hydrogen-bond acceptors (Lipinski definition) is 4. The van der Waals surface area contributed by atoms with Crippen molar-refractivity contribution in [2.45, 2.75) is 6.04 Å². The van der Waals surface area contributed by atoms with Crippen LogP contribution in [-0.2, 0) is 14.3 Å². The van der Waals surface area contributed by atoms with Crippen LogP contribution in [0.1, 0.15) is 0 Å². The van der Waals surface area contributed by atoms with Crippen LogP contribution in [0.5, 0.6) is 0 Å². The Hall–Kier alpha value is -1.10. The second-order valence-electron chi connectivity index (χ2n) is 1.97. The van der Waals surface area contributed by atoms with E-state index in [0.29, 0.717) is 0 Å². The highest BCUT2D eigenvalue weighted by Crippen LogP contribution is 1.87. The largest absolute Gasteiger partial charge is 0.498 e. The normalized spacial score (nSPS) is 11.8. The molecular formula is C7H12FNO3. The first-order valence-electron chi connectivity index (χ1n) is 3.43. The van der Waals surface area contributed by atoms with E-state index in [-0.39, 0.29) is 13.2 Å². The lowest BCUT2D eigenvalue weighted by Crippen LogP contribution is -2.34. The van der Waals surface area contributed by atoms with Gasteiger partial charge in [-0.2, -0.15) is 0 Å². The average Bonchev–Trinajstić information content (AvgIpc) is 2.10. The Bertz CT molecular complexity index is 152. The van der Waals surface area contributed by atoms with Gasteiger partial charge in [0.25, 0.3) is 0 Å². The number of carbonyl (C=O) groups excluding carboxylic acids is 1. The topological polar surface area (TPSA) is 61.5 Å². The van der Waals surface area contributed by atoms with E-state index in [1.54, 1.807) is 0 Å². The van der Waals surface area contributed by atoms with Crippen LogP contribution in [0.15, 0.2) is 12.8 Å². The van der Waals surface area contributed by atoms with Crippen LogP contribution in [0.4, 0.5) is 4.39 Å². The molecule has 4 nitrogen and oxygen atoms in total. The van der Waals surface area contributed by atoms with Gasteiger partial charge in [-0.25, -0.2) is 4.39 Å². The maximum absolute atomic E-state index is 11.7. The van der Waals surface area contributed by atoms with Gasteiger partial charge in [0.1, 0.15) is 25.9 Å². The van der Waals surface area contributed by atoms with Crippen LogP contribution in [0.25, 0.3) is 0 Å². The van der Waals surface area contributed by atoms with Gasteiger partial charge in [-0.05, 0) is 0 Å². The van der Waals surface area contributed by atoms with E-state index >= 15 is 0 Å². The molecule has 0 heterocycles. The number of carbonyl (C=O) groups is 1. The van der Waals surface area contributed by atoms with E-state index in [4.69, 9.17) is 5.73 Å². The van der Waals surface area contributed by atoms with Crippen molar-refractivity contribution in [3.63, 3.8) is 0 Å². The first-order valence-corrected chi connectivity index (χ1v) is 3.43. The summed E-state index contributed by atoms with van der Waals surface area (Å²) in [6.45, 7) is 2.62. The fourth-order valence-corrected chi connectivity index (χ4v) is 0.444. The van der Waals surface area contributed by atoms with Gasteiger partial charge in [-0.3, -0.25) is 4.79 Å². The lowest BCUT2D eigenvalue weighted by atomic mass is 10.4. The monoisotopic (exact) mass is 177 g/mol. The number of ether oxygens (including phenoxy) is 2. The third-order valence-electron chi connectivity index (χ3n) is 1.03. The molecule has 1 atom stereocenters. The molecule has 70 valence electrons. The minimum atomic E-state index is -1.19. The van der Waals surface area contributed by atoms with E-state index < -0.39 is 18.7 Å². The van der Waals surface area contributed by atoms with Crippen molar-refractivity contribution < 1.29 is 18.7 Å². The number of rotatable bonds is 6. The van der Waals surface area contributed by atoms with E-state index in [2.05, 4.69) is 16.1 Å². The molecule has 0 spiro atoms. The number of hydrogen-bond donors (Lipinski definition) is 1. The summed E-state index contributed by atoms with van der Waals surface area (Å²) in [5.41, 5.74) is 5.02. The molecule has 0 aliphatic carbocycles. The highest BCUT2D eigenvalue weighted by Gasteiger charge is 2.13. The molecule has 12 heavy (non-hydrogen) atoms. The van der Waals surface area contributed by atoms with Crippen molar-refractivity contribution in [1.29, 1.82) is 0 Å². The Balaban J connectivity index is 3.37. The van der Waals surface area contributed by atoms with Gasteiger partial charge in [0.15, 0.2) is 0 Å². The van der Waals surface area contributed by atoms with Crippen molar-refractivity contribution in [2.24, 2.45) is 5.73 Å². The second-order valence-corrected chi connectivity index (χ2v) is 1.97. The van der Waals surface area contributed by atoms with Crippen LogP contribution >= 0.6 is 0 Å². The van der Waals surface area contributed by atoms with Crippen molar-refractivity contribution >= 4 is 5.97 Å². The lowest BCUT2D eigenvalue weighted by Gasteiger charge is -2.07. The number of halogens is 1. The maximum Gasteiger partial charge on any atom is 0.325 e. The first-order chi connectivity index (χ1) is 5.72. The zero-order valence-electron chi connectivity index (χ0n) is 6.66. The molecule has 0 saturated heterocycles. The quantitative estimate of drug-likeness (QED) is 0.352.